The summed E-state index contributed by atoms with van der Waals surface area (Å²) in [5.74, 6) is 0. The van der Waals surface area contributed by atoms with Crippen molar-refractivity contribution in [3.05, 3.63) is 114 Å². The van der Waals surface area contributed by atoms with E-state index in [1.807, 2.05) is 0 Å². The summed E-state index contributed by atoms with van der Waals surface area (Å²) in [6.45, 7) is 4.25. The molecular weight excluding hydrogens is 498 g/mol. The van der Waals surface area contributed by atoms with E-state index in [4.69, 9.17) is 0 Å². The molecule has 0 fully saturated rings. The molecule has 0 saturated carbocycles. The molecule has 0 amide bonds. The van der Waals surface area contributed by atoms with Gasteiger partial charge < -0.3 is 0 Å². The van der Waals surface area contributed by atoms with Crippen LogP contribution >= 0.6 is 0 Å². The van der Waals surface area contributed by atoms with E-state index in [1.54, 1.807) is 0 Å². The molecule has 0 N–H and O–H groups in total. The Morgan fingerprint density at radius 3 is 2.15 bits per heavy atom. The molecule has 0 spiro atoms. The zero-order valence-corrected chi connectivity index (χ0v) is 18.6. The third-order valence-electron chi connectivity index (χ3n) is 4.32. The first-order valence-electron chi connectivity index (χ1n) is 8.99. The van der Waals surface area contributed by atoms with Crippen molar-refractivity contribution in [3.8, 4) is 0 Å². The number of rotatable bonds is 6. The van der Waals surface area contributed by atoms with Gasteiger partial charge in [-0.25, -0.2) is 0 Å². The van der Waals surface area contributed by atoms with Crippen LogP contribution in [-0.2, 0) is 19.4 Å². The molecule has 3 aromatic carbocycles. The monoisotopic (exact) mass is 521 g/mol. The summed E-state index contributed by atoms with van der Waals surface area (Å²) in [6, 6.07) is 27.8. The second-order valence-corrected chi connectivity index (χ2v) is 7.47. The van der Waals surface area contributed by atoms with Crippen LogP contribution < -0.4 is 4.90 Å². The van der Waals surface area contributed by atoms with Crippen LogP contribution in [0.2, 0.25) is 0 Å². The van der Waals surface area contributed by atoms with Gasteiger partial charge >= 0.3 is 173 Å². The van der Waals surface area contributed by atoms with Crippen LogP contribution in [0.4, 0.5) is 11.4 Å². The quantitative estimate of drug-likeness (QED) is 0.340. The number of anilines is 2. The Labute approximate surface area is 173 Å². The maximum absolute atomic E-state index is 2.25. The van der Waals surface area contributed by atoms with E-state index < -0.39 is 0 Å². The normalized spacial score (nSPS) is 11.6. The van der Waals surface area contributed by atoms with Crippen molar-refractivity contribution in [1.82, 2.24) is 0 Å². The fraction of sp³-hybridized carbons (Fsp3) is 0.0800. The molecule has 0 heterocycles. The van der Waals surface area contributed by atoms with Crippen molar-refractivity contribution < 1.29 is 19.4 Å². The SMILES string of the molecule is Cc1ccc(N(C=C(C=C[CH]=[W])c2cccc(C)c2)c2ccccc2)cc1. The summed E-state index contributed by atoms with van der Waals surface area (Å²) < 4.78 is 2.14. The number of nitrogens with zero attached hydrogens (tertiary/aromatic N) is 1. The first-order chi connectivity index (χ1) is 13.2. The second kappa shape index (κ2) is 9.44. The predicted octanol–water partition coefficient (Wildman–Crippen LogP) is 6.39. The number of aryl methyl sites for hydroxylation is 2. The third-order valence-corrected chi connectivity index (χ3v) is 4.88. The average molecular weight is 521 g/mol. The topological polar surface area (TPSA) is 3.24 Å². The van der Waals surface area contributed by atoms with E-state index in [0.29, 0.717) is 0 Å². The summed E-state index contributed by atoms with van der Waals surface area (Å²) in [5.41, 5.74) is 7.22. The van der Waals surface area contributed by atoms with Crippen molar-refractivity contribution in [2.24, 2.45) is 0 Å². The van der Waals surface area contributed by atoms with Gasteiger partial charge in [-0.1, -0.05) is 0 Å². The van der Waals surface area contributed by atoms with Gasteiger partial charge in [0.05, 0.1) is 0 Å². The van der Waals surface area contributed by atoms with Gasteiger partial charge in [0.25, 0.3) is 0 Å². The molecular formula is C25H23NW. The van der Waals surface area contributed by atoms with E-state index in [2.05, 4.69) is 120 Å². The number of benzene rings is 3. The zero-order valence-electron chi connectivity index (χ0n) is 15.7. The van der Waals surface area contributed by atoms with Crippen molar-refractivity contribution >= 4 is 21.3 Å². The molecule has 0 saturated heterocycles. The Bertz CT molecular complexity index is 953. The molecule has 3 aromatic rings. The van der Waals surface area contributed by atoms with Gasteiger partial charge in [-0.2, -0.15) is 0 Å². The van der Waals surface area contributed by atoms with Gasteiger partial charge in [0, 0.05) is 0 Å². The van der Waals surface area contributed by atoms with Crippen molar-refractivity contribution in [3.63, 3.8) is 0 Å². The van der Waals surface area contributed by atoms with E-state index in [1.165, 1.54) is 41.6 Å². The van der Waals surface area contributed by atoms with Gasteiger partial charge in [-0.15, -0.1) is 0 Å². The van der Waals surface area contributed by atoms with E-state index in [9.17, 15) is 0 Å². The second-order valence-electron chi connectivity index (χ2n) is 6.49. The Morgan fingerprint density at radius 2 is 1.48 bits per heavy atom. The van der Waals surface area contributed by atoms with E-state index in [-0.39, 0.29) is 0 Å². The molecule has 0 aliphatic heterocycles. The standard InChI is InChI=1S/C25H23N.W/c1-4-9-23(22-11-8-10-21(3)18-22)19-26(24-12-6-5-7-13-24)25-16-14-20(2)15-17-25;/h1,4-19H,2-3H3;. The summed E-state index contributed by atoms with van der Waals surface area (Å²) in [5, 5.41) is 0. The van der Waals surface area contributed by atoms with Crippen LogP contribution in [0.3, 0.4) is 0 Å². The predicted molar refractivity (Wildman–Crippen MR) is 114 cm³/mol. The van der Waals surface area contributed by atoms with Crippen molar-refractivity contribution in [2.75, 3.05) is 4.90 Å². The Hall–Kier alpha value is -2.50. The molecule has 2 heteroatoms. The summed E-state index contributed by atoms with van der Waals surface area (Å²) in [7, 11) is 0. The Morgan fingerprint density at radius 1 is 0.778 bits per heavy atom. The van der Waals surface area contributed by atoms with Crippen LogP contribution in [0.1, 0.15) is 16.7 Å². The average Bonchev–Trinajstić information content (AvgIpc) is 2.70. The molecule has 27 heavy (non-hydrogen) atoms. The van der Waals surface area contributed by atoms with Gasteiger partial charge in [-0.05, 0) is 0 Å². The van der Waals surface area contributed by atoms with E-state index >= 15 is 0 Å². The maximum atomic E-state index is 2.25. The first kappa shape index (κ1) is 19.3. The minimum absolute atomic E-state index is 1.14. The van der Waals surface area contributed by atoms with Crippen LogP contribution in [0.25, 0.3) is 5.57 Å². The minimum atomic E-state index is 1.14. The number of hydrogen-bond donors (Lipinski definition) is 0. The van der Waals surface area contributed by atoms with Crippen molar-refractivity contribution in [2.45, 2.75) is 13.8 Å². The fourth-order valence-electron chi connectivity index (χ4n) is 2.91. The molecule has 134 valence electrons. The number of para-hydroxylation sites is 1. The number of hydrogen-bond acceptors (Lipinski definition) is 1. The summed E-state index contributed by atoms with van der Waals surface area (Å²) >= 11 is 1.45. The van der Waals surface area contributed by atoms with Crippen LogP contribution in [0, 0.1) is 13.8 Å². The van der Waals surface area contributed by atoms with Crippen molar-refractivity contribution in [1.29, 1.82) is 0 Å². The van der Waals surface area contributed by atoms with Gasteiger partial charge in [0.2, 0.25) is 0 Å². The molecule has 0 bridgehead atoms. The molecule has 3 rings (SSSR count). The Kier molecular flexibility index (Phi) is 6.73. The third kappa shape index (κ3) is 5.25. The molecule has 0 atom stereocenters. The number of allylic oxidation sites excluding steroid dienone is 3. The molecule has 0 aliphatic rings. The summed E-state index contributed by atoms with van der Waals surface area (Å²) in [4.78, 5) is 2.25. The molecule has 0 aliphatic carbocycles. The van der Waals surface area contributed by atoms with Gasteiger partial charge in [0.15, 0.2) is 0 Å². The fourth-order valence-corrected chi connectivity index (χ4v) is 3.19. The van der Waals surface area contributed by atoms with Crippen LogP contribution in [-0.4, -0.2) is 4.40 Å². The molecule has 1 nitrogen and oxygen atoms in total. The zero-order chi connectivity index (χ0) is 19.1. The Balaban J connectivity index is 2.14. The van der Waals surface area contributed by atoms with Crippen LogP contribution in [0.5, 0.6) is 0 Å². The molecule has 0 radical (unpaired) electrons. The summed E-state index contributed by atoms with van der Waals surface area (Å²) in [6.07, 6.45) is 6.54. The first-order valence-corrected chi connectivity index (χ1v) is 10.7. The van der Waals surface area contributed by atoms with E-state index in [0.717, 1.165) is 11.4 Å². The van der Waals surface area contributed by atoms with Gasteiger partial charge in [-0.3, -0.25) is 0 Å². The molecule has 0 unspecified atom stereocenters. The van der Waals surface area contributed by atoms with Crippen LogP contribution in [0.15, 0.2) is 97.2 Å². The van der Waals surface area contributed by atoms with Gasteiger partial charge in [0.1, 0.15) is 0 Å². The molecule has 0 aromatic heterocycles.